The Hall–Kier alpha value is -1.90. The molecule has 1 aromatic rings. The summed E-state index contributed by atoms with van der Waals surface area (Å²) in [5.41, 5.74) is 6.33. The maximum absolute atomic E-state index is 12.4. The SMILES string of the molecule is CC(C)C(CN(C)C)NC(=O)c1ncccc1C#CCN. The highest BCUT2D eigenvalue weighted by Crippen LogP contribution is 2.07. The standard InChI is InChI=1S/C16H24N4O/c1-12(2)14(11-20(3)4)19-16(21)15-13(7-5-9-17)8-6-10-18-15/h6,8,10,12,14H,9,11,17H2,1-4H3,(H,19,21). The van der Waals surface area contributed by atoms with Crippen molar-refractivity contribution in [3.63, 3.8) is 0 Å². The second-order valence-corrected chi connectivity index (χ2v) is 5.49. The van der Waals surface area contributed by atoms with Crippen LogP contribution in [0, 0.1) is 17.8 Å². The maximum Gasteiger partial charge on any atom is 0.271 e. The molecule has 1 unspecified atom stereocenters. The van der Waals surface area contributed by atoms with E-state index < -0.39 is 0 Å². The fourth-order valence-corrected chi connectivity index (χ4v) is 1.89. The lowest BCUT2D eigenvalue weighted by atomic mass is 10.0. The monoisotopic (exact) mass is 288 g/mol. The van der Waals surface area contributed by atoms with Gasteiger partial charge in [-0.3, -0.25) is 4.79 Å². The lowest BCUT2D eigenvalue weighted by Gasteiger charge is -2.25. The number of pyridine rings is 1. The molecule has 1 rings (SSSR count). The summed E-state index contributed by atoms with van der Waals surface area (Å²) in [7, 11) is 3.97. The molecular formula is C16H24N4O. The van der Waals surface area contributed by atoms with E-state index in [1.807, 2.05) is 14.1 Å². The van der Waals surface area contributed by atoms with E-state index in [9.17, 15) is 4.79 Å². The molecule has 0 aromatic carbocycles. The number of nitrogens with zero attached hydrogens (tertiary/aromatic N) is 2. The second kappa shape index (κ2) is 8.40. The van der Waals surface area contributed by atoms with Crippen molar-refractivity contribution in [2.75, 3.05) is 27.2 Å². The molecule has 0 radical (unpaired) electrons. The smallest absolute Gasteiger partial charge is 0.271 e. The van der Waals surface area contributed by atoms with Crippen LogP contribution in [0.1, 0.15) is 29.9 Å². The predicted octanol–water partition coefficient (Wildman–Crippen LogP) is 0.708. The molecule has 114 valence electrons. The Morgan fingerprint density at radius 2 is 2.19 bits per heavy atom. The van der Waals surface area contributed by atoms with Gasteiger partial charge in [-0.15, -0.1) is 0 Å². The van der Waals surface area contributed by atoms with Crippen molar-refractivity contribution in [3.05, 3.63) is 29.6 Å². The van der Waals surface area contributed by atoms with E-state index in [1.54, 1.807) is 18.3 Å². The zero-order valence-electron chi connectivity index (χ0n) is 13.2. The first-order chi connectivity index (χ1) is 9.95. The van der Waals surface area contributed by atoms with Crippen LogP contribution in [-0.2, 0) is 0 Å². The topological polar surface area (TPSA) is 71.2 Å². The van der Waals surface area contributed by atoms with E-state index in [2.05, 4.69) is 40.9 Å². The number of rotatable bonds is 5. The van der Waals surface area contributed by atoms with E-state index in [-0.39, 0.29) is 18.5 Å². The van der Waals surface area contributed by atoms with Gasteiger partial charge in [0.25, 0.3) is 5.91 Å². The Bertz CT molecular complexity index is 529. The molecule has 0 spiro atoms. The lowest BCUT2D eigenvalue weighted by Crippen LogP contribution is -2.45. The Labute approximate surface area is 126 Å². The van der Waals surface area contributed by atoms with Gasteiger partial charge >= 0.3 is 0 Å². The van der Waals surface area contributed by atoms with Gasteiger partial charge in [-0.25, -0.2) is 4.98 Å². The Morgan fingerprint density at radius 3 is 2.76 bits per heavy atom. The number of nitrogens with two attached hydrogens (primary N) is 1. The number of carbonyl (C=O) groups excluding carboxylic acids is 1. The molecule has 0 aliphatic carbocycles. The van der Waals surface area contributed by atoms with E-state index in [1.165, 1.54) is 0 Å². The summed E-state index contributed by atoms with van der Waals surface area (Å²) >= 11 is 0. The highest BCUT2D eigenvalue weighted by Gasteiger charge is 2.20. The summed E-state index contributed by atoms with van der Waals surface area (Å²) < 4.78 is 0. The number of hydrogen-bond acceptors (Lipinski definition) is 4. The van der Waals surface area contributed by atoms with Crippen molar-refractivity contribution >= 4 is 5.91 Å². The molecule has 0 saturated carbocycles. The third kappa shape index (κ3) is 5.54. The van der Waals surface area contributed by atoms with E-state index in [0.717, 1.165) is 6.54 Å². The highest BCUT2D eigenvalue weighted by atomic mass is 16.2. The Balaban J connectivity index is 2.92. The minimum atomic E-state index is -0.197. The van der Waals surface area contributed by atoms with Crippen LogP contribution in [0.5, 0.6) is 0 Å². The van der Waals surface area contributed by atoms with E-state index >= 15 is 0 Å². The summed E-state index contributed by atoms with van der Waals surface area (Å²) in [6, 6.07) is 3.60. The van der Waals surface area contributed by atoms with Gasteiger partial charge in [0, 0.05) is 18.8 Å². The molecule has 1 atom stereocenters. The van der Waals surface area contributed by atoms with Gasteiger partial charge in [0.2, 0.25) is 0 Å². The van der Waals surface area contributed by atoms with Gasteiger partial charge in [-0.2, -0.15) is 0 Å². The first-order valence-electron chi connectivity index (χ1n) is 7.05. The minimum Gasteiger partial charge on any atom is -0.346 e. The zero-order valence-corrected chi connectivity index (χ0v) is 13.2. The predicted molar refractivity (Wildman–Crippen MR) is 84.8 cm³/mol. The summed E-state index contributed by atoms with van der Waals surface area (Å²) in [5.74, 6) is 5.78. The molecule has 5 nitrogen and oxygen atoms in total. The van der Waals surface area contributed by atoms with Gasteiger partial charge in [0.05, 0.1) is 12.1 Å². The summed E-state index contributed by atoms with van der Waals surface area (Å²) in [6.07, 6.45) is 1.60. The Kier molecular flexibility index (Phi) is 6.86. The number of carbonyl (C=O) groups is 1. The third-order valence-electron chi connectivity index (χ3n) is 3.03. The van der Waals surface area contributed by atoms with Crippen LogP contribution < -0.4 is 11.1 Å². The molecule has 0 fully saturated rings. The maximum atomic E-state index is 12.4. The molecule has 1 aromatic heterocycles. The van der Waals surface area contributed by atoms with Crippen molar-refractivity contribution < 1.29 is 4.79 Å². The van der Waals surface area contributed by atoms with Crippen molar-refractivity contribution in [2.24, 2.45) is 11.7 Å². The molecule has 1 heterocycles. The van der Waals surface area contributed by atoms with Gasteiger partial charge in [0.1, 0.15) is 5.69 Å². The van der Waals surface area contributed by atoms with Crippen LogP contribution in [0.15, 0.2) is 18.3 Å². The average Bonchev–Trinajstić information content (AvgIpc) is 2.44. The van der Waals surface area contributed by atoms with Crippen LogP contribution in [0.3, 0.4) is 0 Å². The van der Waals surface area contributed by atoms with Crippen molar-refractivity contribution in [1.29, 1.82) is 0 Å². The minimum absolute atomic E-state index is 0.0600. The number of amides is 1. The number of hydrogen-bond donors (Lipinski definition) is 2. The van der Waals surface area contributed by atoms with E-state index in [0.29, 0.717) is 17.2 Å². The molecule has 0 saturated heterocycles. The normalized spacial score (nSPS) is 12.0. The molecule has 0 aliphatic rings. The van der Waals surface area contributed by atoms with Gasteiger partial charge < -0.3 is 16.0 Å². The first kappa shape index (κ1) is 17.2. The van der Waals surface area contributed by atoms with Crippen molar-refractivity contribution in [1.82, 2.24) is 15.2 Å². The quantitative estimate of drug-likeness (QED) is 0.783. The molecule has 0 aliphatic heterocycles. The first-order valence-corrected chi connectivity index (χ1v) is 7.05. The molecule has 5 heteroatoms. The Morgan fingerprint density at radius 1 is 1.48 bits per heavy atom. The highest BCUT2D eigenvalue weighted by molar-refractivity contribution is 5.94. The molecular weight excluding hydrogens is 264 g/mol. The average molecular weight is 288 g/mol. The molecule has 1 amide bonds. The number of aromatic nitrogens is 1. The van der Waals surface area contributed by atoms with Gasteiger partial charge in [-0.05, 0) is 32.1 Å². The summed E-state index contributed by atoms with van der Waals surface area (Å²) in [4.78, 5) is 18.6. The van der Waals surface area contributed by atoms with E-state index in [4.69, 9.17) is 5.73 Å². The second-order valence-electron chi connectivity index (χ2n) is 5.49. The van der Waals surface area contributed by atoms with Crippen LogP contribution in [0.4, 0.5) is 0 Å². The van der Waals surface area contributed by atoms with Crippen LogP contribution >= 0.6 is 0 Å². The lowest BCUT2D eigenvalue weighted by molar-refractivity contribution is 0.0911. The largest absolute Gasteiger partial charge is 0.346 e. The van der Waals surface area contributed by atoms with Gasteiger partial charge in [0.15, 0.2) is 0 Å². The summed E-state index contributed by atoms with van der Waals surface area (Å²) in [5, 5.41) is 3.04. The van der Waals surface area contributed by atoms with Crippen molar-refractivity contribution in [3.8, 4) is 11.8 Å². The van der Waals surface area contributed by atoms with Crippen LogP contribution in [-0.4, -0.2) is 49.0 Å². The van der Waals surface area contributed by atoms with Gasteiger partial charge in [-0.1, -0.05) is 25.7 Å². The molecule has 21 heavy (non-hydrogen) atoms. The van der Waals surface area contributed by atoms with Crippen LogP contribution in [0.25, 0.3) is 0 Å². The molecule has 0 bridgehead atoms. The summed E-state index contributed by atoms with van der Waals surface area (Å²) in [6.45, 7) is 5.20. The fraction of sp³-hybridized carbons (Fsp3) is 0.500. The number of nitrogens with one attached hydrogen (secondary N) is 1. The van der Waals surface area contributed by atoms with Crippen molar-refractivity contribution in [2.45, 2.75) is 19.9 Å². The number of likely N-dealkylation sites (N-methyl/N-ethyl adjacent to an activating group) is 1. The third-order valence-corrected chi connectivity index (χ3v) is 3.03. The van der Waals surface area contributed by atoms with Crippen LogP contribution in [0.2, 0.25) is 0 Å². The molecule has 3 N–H and O–H groups in total. The zero-order chi connectivity index (χ0) is 15.8. The fourth-order valence-electron chi connectivity index (χ4n) is 1.89.